The highest BCUT2D eigenvalue weighted by Crippen LogP contribution is 2.44. The van der Waals surface area contributed by atoms with Gasteiger partial charge in [-0.3, -0.25) is 9.59 Å². The average Bonchev–Trinajstić information content (AvgIpc) is 3.30. The number of carboxylic acids is 1. The summed E-state index contributed by atoms with van der Waals surface area (Å²) in [4.78, 5) is 39.3. The van der Waals surface area contributed by atoms with Crippen LogP contribution in [0.25, 0.3) is 11.1 Å². The molecule has 1 heterocycles. The first-order valence-corrected chi connectivity index (χ1v) is 11.8. The fourth-order valence-electron chi connectivity index (χ4n) is 5.07. The highest BCUT2D eigenvalue weighted by atomic mass is 16.5. The van der Waals surface area contributed by atoms with Crippen LogP contribution in [0.1, 0.15) is 44.7 Å². The summed E-state index contributed by atoms with van der Waals surface area (Å²) < 4.78 is 5.62. The summed E-state index contributed by atoms with van der Waals surface area (Å²) in [5, 5.41) is 12.4. The van der Waals surface area contributed by atoms with Gasteiger partial charge in [-0.05, 0) is 41.0 Å². The van der Waals surface area contributed by atoms with Gasteiger partial charge in [-0.25, -0.2) is 4.79 Å². The van der Waals surface area contributed by atoms with Gasteiger partial charge >= 0.3 is 12.1 Å². The van der Waals surface area contributed by atoms with E-state index in [0.717, 1.165) is 22.3 Å². The SMILES string of the molecule is CC(C)C(NC(=O)OCC1c2ccccc2-c2ccccc21)C(=O)N1C[C@@H](C)[C@](C)(C(=O)O)C1. The van der Waals surface area contributed by atoms with Gasteiger partial charge < -0.3 is 20.1 Å². The van der Waals surface area contributed by atoms with E-state index in [1.54, 1.807) is 11.8 Å². The summed E-state index contributed by atoms with van der Waals surface area (Å²) in [6.07, 6.45) is -0.651. The van der Waals surface area contributed by atoms with Gasteiger partial charge in [0.1, 0.15) is 12.6 Å². The molecule has 1 aliphatic carbocycles. The number of ether oxygens (including phenoxy) is 1. The second-order valence-electron chi connectivity index (χ2n) is 10.0. The van der Waals surface area contributed by atoms with Gasteiger partial charge in [-0.2, -0.15) is 0 Å². The number of rotatable bonds is 6. The zero-order valence-corrected chi connectivity index (χ0v) is 20.1. The van der Waals surface area contributed by atoms with Crippen LogP contribution in [-0.4, -0.2) is 53.7 Å². The molecule has 1 fully saturated rings. The first-order chi connectivity index (χ1) is 16.1. The molecular formula is C27H32N2O5. The maximum absolute atomic E-state index is 13.2. The number of fused-ring (bicyclic) bond motifs is 3. The Kier molecular flexibility index (Phi) is 6.39. The number of benzene rings is 2. The summed E-state index contributed by atoms with van der Waals surface area (Å²) >= 11 is 0. The minimum absolute atomic E-state index is 0.0675. The number of aliphatic carboxylic acids is 1. The summed E-state index contributed by atoms with van der Waals surface area (Å²) in [6.45, 7) is 7.83. The van der Waals surface area contributed by atoms with E-state index in [4.69, 9.17) is 4.74 Å². The Bertz CT molecular complexity index is 1070. The van der Waals surface area contributed by atoms with E-state index < -0.39 is 23.5 Å². The lowest BCUT2D eigenvalue weighted by atomic mass is 9.81. The molecule has 180 valence electrons. The first-order valence-electron chi connectivity index (χ1n) is 11.8. The Hall–Kier alpha value is -3.35. The van der Waals surface area contributed by atoms with Crippen LogP contribution in [0.15, 0.2) is 48.5 Å². The van der Waals surface area contributed by atoms with Crippen molar-refractivity contribution >= 4 is 18.0 Å². The van der Waals surface area contributed by atoms with Crippen molar-refractivity contribution in [3.05, 3.63) is 59.7 Å². The van der Waals surface area contributed by atoms with Crippen molar-refractivity contribution in [3.8, 4) is 11.1 Å². The Morgan fingerprint density at radius 2 is 1.65 bits per heavy atom. The van der Waals surface area contributed by atoms with Crippen LogP contribution in [0, 0.1) is 17.3 Å². The van der Waals surface area contributed by atoms with Gasteiger partial charge in [0.05, 0.1) is 5.41 Å². The highest BCUT2D eigenvalue weighted by Gasteiger charge is 2.49. The molecule has 0 spiro atoms. The fraction of sp³-hybridized carbons (Fsp3) is 0.444. The van der Waals surface area contributed by atoms with Crippen molar-refractivity contribution in [2.24, 2.45) is 17.3 Å². The zero-order valence-electron chi connectivity index (χ0n) is 20.1. The van der Waals surface area contributed by atoms with E-state index in [2.05, 4.69) is 29.6 Å². The van der Waals surface area contributed by atoms with Gasteiger partial charge in [0.2, 0.25) is 5.91 Å². The van der Waals surface area contributed by atoms with Crippen LogP contribution in [0.5, 0.6) is 0 Å². The van der Waals surface area contributed by atoms with Crippen molar-refractivity contribution < 1.29 is 24.2 Å². The van der Waals surface area contributed by atoms with Crippen molar-refractivity contribution in [2.45, 2.75) is 39.7 Å². The van der Waals surface area contributed by atoms with Crippen molar-refractivity contribution in [1.29, 1.82) is 0 Å². The number of amides is 2. The topological polar surface area (TPSA) is 95.9 Å². The normalized spacial score (nSPS) is 22.3. The molecule has 34 heavy (non-hydrogen) atoms. The lowest BCUT2D eigenvalue weighted by Gasteiger charge is -2.27. The molecule has 2 amide bonds. The van der Waals surface area contributed by atoms with Crippen molar-refractivity contribution in [2.75, 3.05) is 19.7 Å². The van der Waals surface area contributed by atoms with E-state index >= 15 is 0 Å². The van der Waals surface area contributed by atoms with Gasteiger partial charge in [0.25, 0.3) is 0 Å². The zero-order chi connectivity index (χ0) is 24.6. The molecule has 0 aromatic heterocycles. The number of nitrogens with one attached hydrogen (secondary N) is 1. The van der Waals surface area contributed by atoms with Crippen LogP contribution in [-0.2, 0) is 14.3 Å². The molecule has 1 saturated heterocycles. The highest BCUT2D eigenvalue weighted by molar-refractivity contribution is 5.87. The summed E-state index contributed by atoms with van der Waals surface area (Å²) in [5.41, 5.74) is 3.53. The van der Waals surface area contributed by atoms with Crippen LogP contribution in [0.2, 0.25) is 0 Å². The molecule has 1 aliphatic heterocycles. The predicted molar refractivity (Wildman–Crippen MR) is 128 cm³/mol. The third kappa shape index (κ3) is 4.15. The molecule has 0 bridgehead atoms. The molecular weight excluding hydrogens is 432 g/mol. The third-order valence-corrected chi connectivity index (χ3v) is 7.45. The van der Waals surface area contributed by atoms with E-state index in [-0.39, 0.29) is 36.8 Å². The quantitative estimate of drug-likeness (QED) is 0.671. The van der Waals surface area contributed by atoms with Gasteiger partial charge in [-0.1, -0.05) is 69.3 Å². The number of alkyl carbamates (subject to hydrolysis) is 1. The van der Waals surface area contributed by atoms with Crippen molar-refractivity contribution in [1.82, 2.24) is 10.2 Å². The first kappa shape index (κ1) is 23.8. The summed E-state index contributed by atoms with van der Waals surface area (Å²) in [7, 11) is 0. The molecule has 2 N–H and O–H groups in total. The monoisotopic (exact) mass is 464 g/mol. The lowest BCUT2D eigenvalue weighted by Crippen LogP contribution is -2.51. The molecule has 2 aliphatic rings. The van der Waals surface area contributed by atoms with Gasteiger partial charge in [0.15, 0.2) is 0 Å². The molecule has 0 saturated carbocycles. The summed E-state index contributed by atoms with van der Waals surface area (Å²) in [6, 6.07) is 15.4. The molecule has 4 rings (SSSR count). The fourth-order valence-corrected chi connectivity index (χ4v) is 5.07. The molecule has 3 atom stereocenters. The largest absolute Gasteiger partial charge is 0.481 e. The number of hydrogen-bond donors (Lipinski definition) is 2. The van der Waals surface area contributed by atoms with E-state index in [1.165, 1.54) is 0 Å². The molecule has 7 heteroatoms. The Balaban J connectivity index is 1.43. The Morgan fingerprint density at radius 1 is 1.09 bits per heavy atom. The molecule has 0 radical (unpaired) electrons. The van der Waals surface area contributed by atoms with E-state index in [0.29, 0.717) is 6.54 Å². The second kappa shape index (κ2) is 9.12. The number of carboxylic acid groups (broad SMARTS) is 1. The van der Waals surface area contributed by atoms with Crippen LogP contribution in [0.4, 0.5) is 4.79 Å². The van der Waals surface area contributed by atoms with E-state index in [9.17, 15) is 19.5 Å². The molecule has 2 aromatic rings. The van der Waals surface area contributed by atoms with Crippen LogP contribution < -0.4 is 5.32 Å². The molecule has 2 aromatic carbocycles. The van der Waals surface area contributed by atoms with Crippen molar-refractivity contribution in [3.63, 3.8) is 0 Å². The number of nitrogens with zero attached hydrogens (tertiary/aromatic N) is 1. The van der Waals surface area contributed by atoms with Gasteiger partial charge in [0, 0.05) is 19.0 Å². The third-order valence-electron chi connectivity index (χ3n) is 7.45. The average molecular weight is 465 g/mol. The second-order valence-corrected chi connectivity index (χ2v) is 10.0. The lowest BCUT2D eigenvalue weighted by molar-refractivity contribution is -0.149. The number of carbonyl (C=O) groups is 3. The van der Waals surface area contributed by atoms with E-state index in [1.807, 2.05) is 45.0 Å². The number of carbonyl (C=O) groups excluding carboxylic acids is 2. The number of hydrogen-bond acceptors (Lipinski definition) is 4. The van der Waals surface area contributed by atoms with Crippen LogP contribution in [0.3, 0.4) is 0 Å². The maximum atomic E-state index is 13.2. The maximum Gasteiger partial charge on any atom is 0.407 e. The number of likely N-dealkylation sites (tertiary alicyclic amines) is 1. The summed E-state index contributed by atoms with van der Waals surface area (Å²) in [5.74, 6) is -1.63. The molecule has 7 nitrogen and oxygen atoms in total. The predicted octanol–water partition coefficient (Wildman–Crippen LogP) is 4.12. The minimum Gasteiger partial charge on any atom is -0.481 e. The van der Waals surface area contributed by atoms with Crippen LogP contribution >= 0.6 is 0 Å². The molecule has 1 unspecified atom stereocenters. The Labute approximate surface area is 200 Å². The standard InChI is InChI=1S/C27H32N2O5/c1-16(2)23(24(30)29-13-17(3)27(4,15-29)25(31)32)28-26(33)34-14-22-20-11-7-5-9-18(20)19-10-6-8-12-21(19)22/h5-12,16-17,22-23H,13-15H2,1-4H3,(H,28,33)(H,31,32)/t17-,23?,27-/m1/s1. The van der Waals surface area contributed by atoms with Gasteiger partial charge in [-0.15, -0.1) is 0 Å². The Morgan fingerprint density at radius 3 is 2.15 bits per heavy atom. The smallest absolute Gasteiger partial charge is 0.407 e. The minimum atomic E-state index is -0.999.